The molecule has 0 aromatic heterocycles. The predicted molar refractivity (Wildman–Crippen MR) is 90.7 cm³/mol. The van der Waals surface area contributed by atoms with Crippen molar-refractivity contribution in [3.05, 3.63) is 71.6 Å². The summed E-state index contributed by atoms with van der Waals surface area (Å²) in [6.45, 7) is 0. The molecule has 2 atom stereocenters. The summed E-state index contributed by atoms with van der Waals surface area (Å²) in [7, 11) is 0. The smallest absolute Gasteiger partial charge is 0.129 e. The monoisotopic (exact) mass is 309 g/mol. The Morgan fingerprint density at radius 2 is 1.65 bits per heavy atom. The Morgan fingerprint density at radius 3 is 2.30 bits per heavy atom. The highest BCUT2D eigenvalue weighted by molar-refractivity contribution is 5.60. The summed E-state index contributed by atoms with van der Waals surface area (Å²) in [6.07, 6.45) is 1.04. The maximum Gasteiger partial charge on any atom is 0.129 e. The molecule has 0 saturated carbocycles. The van der Waals surface area contributed by atoms with Crippen molar-refractivity contribution >= 4 is 6.34 Å². The molecule has 2 unspecified atom stereocenters. The zero-order valence-electron chi connectivity index (χ0n) is 12.5. The van der Waals surface area contributed by atoms with Crippen molar-refractivity contribution in [2.45, 2.75) is 12.2 Å². The predicted octanol–water partition coefficient (Wildman–Crippen LogP) is 1.57. The first-order valence-corrected chi connectivity index (χ1v) is 7.27. The summed E-state index contributed by atoms with van der Waals surface area (Å²) in [4.78, 5) is 4.02. The van der Waals surface area contributed by atoms with Gasteiger partial charge in [0.05, 0.1) is 12.4 Å². The minimum Gasteiger partial charge on any atom is -0.457 e. The molecule has 0 bridgehead atoms. The van der Waals surface area contributed by atoms with Crippen LogP contribution >= 0.6 is 0 Å². The van der Waals surface area contributed by atoms with Crippen LogP contribution < -0.4 is 27.3 Å². The van der Waals surface area contributed by atoms with Gasteiger partial charge < -0.3 is 27.3 Å². The van der Waals surface area contributed by atoms with Gasteiger partial charge in [-0.15, -0.1) is 0 Å². The molecular formula is C17H19N5O. The lowest BCUT2D eigenvalue weighted by atomic mass is 9.96. The fourth-order valence-corrected chi connectivity index (χ4v) is 2.41. The lowest BCUT2D eigenvalue weighted by molar-refractivity contribution is 0.482. The van der Waals surface area contributed by atoms with E-state index < -0.39 is 12.2 Å². The van der Waals surface area contributed by atoms with E-state index in [-0.39, 0.29) is 0 Å². The summed E-state index contributed by atoms with van der Waals surface area (Å²) in [6, 6.07) is 16.7. The van der Waals surface area contributed by atoms with Crippen molar-refractivity contribution in [2.24, 2.45) is 22.2 Å². The highest BCUT2D eigenvalue weighted by Gasteiger charge is 2.23. The van der Waals surface area contributed by atoms with Crippen molar-refractivity contribution in [1.82, 2.24) is 5.32 Å². The molecule has 23 heavy (non-hydrogen) atoms. The van der Waals surface area contributed by atoms with Gasteiger partial charge in [-0.25, -0.2) is 4.99 Å². The molecule has 0 radical (unpaired) electrons. The molecule has 0 aliphatic carbocycles. The van der Waals surface area contributed by atoms with Gasteiger partial charge in [0, 0.05) is 5.57 Å². The van der Waals surface area contributed by atoms with E-state index in [2.05, 4.69) is 10.3 Å². The number of nitrogens with one attached hydrogen (secondary N) is 1. The van der Waals surface area contributed by atoms with Crippen LogP contribution in [0.3, 0.4) is 0 Å². The Kier molecular flexibility index (Phi) is 4.27. The number of hydrogen-bond donors (Lipinski definition) is 4. The SMILES string of the molecule is NC1=C(C(N)c2ccc(Oc3ccccc3)cc2)C(N)NC=N1. The zero-order chi connectivity index (χ0) is 16.2. The average molecular weight is 309 g/mol. The lowest BCUT2D eigenvalue weighted by Gasteiger charge is -2.26. The van der Waals surface area contributed by atoms with Crippen LogP contribution in [0.1, 0.15) is 11.6 Å². The number of rotatable bonds is 4. The number of nitrogens with zero attached hydrogens (tertiary/aromatic N) is 1. The summed E-state index contributed by atoms with van der Waals surface area (Å²) < 4.78 is 5.76. The van der Waals surface area contributed by atoms with E-state index in [0.717, 1.165) is 17.1 Å². The van der Waals surface area contributed by atoms with Crippen LogP contribution in [0, 0.1) is 0 Å². The zero-order valence-corrected chi connectivity index (χ0v) is 12.5. The molecule has 6 heteroatoms. The van der Waals surface area contributed by atoms with Gasteiger partial charge in [0.2, 0.25) is 0 Å². The molecular weight excluding hydrogens is 290 g/mol. The van der Waals surface area contributed by atoms with Crippen LogP contribution in [0.5, 0.6) is 11.5 Å². The maximum absolute atomic E-state index is 6.28. The molecule has 3 rings (SSSR count). The van der Waals surface area contributed by atoms with Crippen LogP contribution in [0.15, 0.2) is 71.0 Å². The van der Waals surface area contributed by atoms with Crippen molar-refractivity contribution in [3.8, 4) is 11.5 Å². The minimum atomic E-state index is -0.442. The quantitative estimate of drug-likeness (QED) is 0.685. The van der Waals surface area contributed by atoms with E-state index in [4.69, 9.17) is 21.9 Å². The van der Waals surface area contributed by atoms with Gasteiger partial charge in [0.1, 0.15) is 23.5 Å². The first-order chi connectivity index (χ1) is 11.1. The maximum atomic E-state index is 6.28. The van der Waals surface area contributed by atoms with E-state index >= 15 is 0 Å². The van der Waals surface area contributed by atoms with Crippen LogP contribution in [0.2, 0.25) is 0 Å². The molecule has 2 aromatic rings. The molecule has 0 amide bonds. The Balaban J connectivity index is 1.78. The normalized spacial score (nSPS) is 18.4. The third kappa shape index (κ3) is 3.33. The van der Waals surface area contributed by atoms with Crippen molar-refractivity contribution in [2.75, 3.05) is 0 Å². The first-order valence-electron chi connectivity index (χ1n) is 7.27. The van der Waals surface area contributed by atoms with Crippen molar-refractivity contribution in [3.63, 3.8) is 0 Å². The van der Waals surface area contributed by atoms with E-state index in [1.165, 1.54) is 6.34 Å². The number of para-hydroxylation sites is 1. The molecule has 0 fully saturated rings. The van der Waals surface area contributed by atoms with Crippen LogP contribution in [0.25, 0.3) is 0 Å². The molecule has 6 nitrogen and oxygen atoms in total. The lowest BCUT2D eigenvalue weighted by Crippen LogP contribution is -2.45. The number of benzene rings is 2. The standard InChI is InChI=1S/C17H19N5O/c18-15(14-16(19)21-10-22-17(14)20)11-6-8-13(9-7-11)23-12-4-2-1-3-5-12/h1-10,15-16H,18-20H2,(H,21,22). The molecule has 1 aliphatic heterocycles. The first kappa shape index (κ1) is 15.1. The van der Waals surface area contributed by atoms with E-state index in [9.17, 15) is 0 Å². The highest BCUT2D eigenvalue weighted by Crippen LogP contribution is 2.27. The second-order valence-electron chi connectivity index (χ2n) is 5.20. The number of ether oxygens (including phenoxy) is 1. The third-order valence-corrected chi connectivity index (χ3v) is 3.64. The highest BCUT2D eigenvalue weighted by atomic mass is 16.5. The molecule has 7 N–H and O–H groups in total. The van der Waals surface area contributed by atoms with E-state index in [1.807, 2.05) is 54.6 Å². The Labute approximate surface area is 134 Å². The largest absolute Gasteiger partial charge is 0.457 e. The third-order valence-electron chi connectivity index (χ3n) is 3.64. The van der Waals surface area contributed by atoms with Crippen molar-refractivity contribution < 1.29 is 4.74 Å². The molecule has 118 valence electrons. The summed E-state index contributed by atoms with van der Waals surface area (Å²) in [5.41, 5.74) is 19.7. The Bertz CT molecular complexity index is 724. The number of hydrogen-bond acceptors (Lipinski definition) is 6. The molecule has 0 spiro atoms. The fourth-order valence-electron chi connectivity index (χ4n) is 2.41. The fraction of sp³-hybridized carbons (Fsp3) is 0.118. The second-order valence-corrected chi connectivity index (χ2v) is 5.20. The molecule has 1 aliphatic rings. The molecule has 2 aromatic carbocycles. The van der Waals surface area contributed by atoms with Gasteiger partial charge in [0.15, 0.2) is 0 Å². The average Bonchev–Trinajstić information content (AvgIpc) is 2.56. The molecule has 0 saturated heterocycles. The Morgan fingerprint density at radius 1 is 1.00 bits per heavy atom. The summed E-state index contributed by atoms with van der Waals surface area (Å²) >= 11 is 0. The topological polar surface area (TPSA) is 112 Å². The Hall–Kier alpha value is -2.83. The van der Waals surface area contributed by atoms with Gasteiger partial charge in [-0.1, -0.05) is 30.3 Å². The van der Waals surface area contributed by atoms with Gasteiger partial charge in [-0.05, 0) is 29.8 Å². The van der Waals surface area contributed by atoms with Crippen LogP contribution in [0.4, 0.5) is 0 Å². The number of aliphatic imine (C=N–C) groups is 1. The van der Waals surface area contributed by atoms with Gasteiger partial charge in [0.25, 0.3) is 0 Å². The molecule has 1 heterocycles. The minimum absolute atomic E-state index is 0.355. The van der Waals surface area contributed by atoms with Crippen molar-refractivity contribution in [1.29, 1.82) is 0 Å². The second kappa shape index (κ2) is 6.51. The van der Waals surface area contributed by atoms with Gasteiger partial charge in [-0.3, -0.25) is 0 Å². The van der Waals surface area contributed by atoms with E-state index in [0.29, 0.717) is 11.4 Å². The summed E-state index contributed by atoms with van der Waals surface area (Å²) in [5, 5.41) is 2.90. The van der Waals surface area contributed by atoms with Crippen LogP contribution in [-0.2, 0) is 0 Å². The van der Waals surface area contributed by atoms with Gasteiger partial charge >= 0.3 is 0 Å². The number of nitrogens with two attached hydrogens (primary N) is 3. The van der Waals surface area contributed by atoms with E-state index in [1.54, 1.807) is 0 Å². The van der Waals surface area contributed by atoms with Gasteiger partial charge in [-0.2, -0.15) is 0 Å². The summed E-state index contributed by atoms with van der Waals surface area (Å²) in [5.74, 6) is 1.87. The van der Waals surface area contributed by atoms with Crippen LogP contribution in [-0.4, -0.2) is 12.5 Å².